The van der Waals surface area contributed by atoms with Gasteiger partial charge in [0.05, 0.1) is 17.9 Å². The van der Waals surface area contributed by atoms with Crippen LogP contribution in [0.15, 0.2) is 46.9 Å². The second-order valence-electron chi connectivity index (χ2n) is 7.61. The second-order valence-corrected chi connectivity index (χ2v) is 9.25. The van der Waals surface area contributed by atoms with Crippen molar-refractivity contribution in [3.8, 4) is 11.5 Å². The van der Waals surface area contributed by atoms with Crippen molar-refractivity contribution in [2.24, 2.45) is 16.0 Å². The number of phenols is 1. The average Bonchev–Trinajstić information content (AvgIpc) is 2.71. The van der Waals surface area contributed by atoms with Crippen LogP contribution < -0.4 is 10.5 Å². The summed E-state index contributed by atoms with van der Waals surface area (Å²) in [4.78, 5) is 14.5. The molecule has 0 aliphatic carbocycles. The van der Waals surface area contributed by atoms with E-state index in [9.17, 15) is 18.3 Å². The van der Waals surface area contributed by atoms with Crippen LogP contribution in [0.25, 0.3) is 0 Å². The largest absolute Gasteiger partial charge is 0.508 e. The molecule has 2 aromatic carbocycles. The molecule has 1 saturated heterocycles. The molecule has 2 aliphatic rings. The molecule has 2 aromatic rings. The molecule has 8 nitrogen and oxygen atoms in total. The predicted molar refractivity (Wildman–Crippen MR) is 112 cm³/mol. The van der Waals surface area contributed by atoms with E-state index in [4.69, 9.17) is 10.5 Å². The van der Waals surface area contributed by atoms with Crippen LogP contribution in [-0.4, -0.2) is 49.9 Å². The first kappa shape index (κ1) is 20.2. The fourth-order valence-electron chi connectivity index (χ4n) is 3.91. The summed E-state index contributed by atoms with van der Waals surface area (Å²) in [6.45, 7) is 1.62. The first-order valence-electron chi connectivity index (χ1n) is 9.74. The van der Waals surface area contributed by atoms with Crippen molar-refractivity contribution in [2.45, 2.75) is 18.6 Å². The molecule has 1 fully saturated rings. The summed E-state index contributed by atoms with van der Waals surface area (Å²) >= 11 is 0. The third-order valence-corrected chi connectivity index (χ3v) is 6.49. The molecule has 0 aromatic heterocycles. The van der Waals surface area contributed by atoms with Crippen molar-refractivity contribution in [2.75, 3.05) is 19.7 Å². The van der Waals surface area contributed by atoms with Crippen LogP contribution in [0.1, 0.15) is 34.3 Å². The van der Waals surface area contributed by atoms with Crippen molar-refractivity contribution in [3.63, 3.8) is 0 Å². The van der Waals surface area contributed by atoms with Gasteiger partial charge in [0.15, 0.2) is 0 Å². The third kappa shape index (κ3) is 4.25. The Kier molecular flexibility index (Phi) is 5.38. The molecule has 1 atom stereocenters. The number of nitrogens with two attached hydrogens (primary N) is 1. The van der Waals surface area contributed by atoms with Crippen LogP contribution >= 0.6 is 0 Å². The number of carbonyl (C=O) groups excluding carboxylic acids is 1. The van der Waals surface area contributed by atoms with Gasteiger partial charge in [-0.3, -0.25) is 4.79 Å². The number of piperidine rings is 1. The lowest BCUT2D eigenvalue weighted by Gasteiger charge is -2.33. The van der Waals surface area contributed by atoms with Gasteiger partial charge in [0.25, 0.3) is 15.9 Å². The van der Waals surface area contributed by atoms with Gasteiger partial charge in [0, 0.05) is 24.6 Å². The summed E-state index contributed by atoms with van der Waals surface area (Å²) in [7, 11) is -3.60. The zero-order valence-electron chi connectivity index (χ0n) is 16.3. The molecule has 158 valence electrons. The highest BCUT2D eigenvalue weighted by molar-refractivity contribution is 7.89. The highest BCUT2D eigenvalue weighted by atomic mass is 32.2. The monoisotopic (exact) mass is 429 g/mol. The van der Waals surface area contributed by atoms with Crippen LogP contribution in [0.4, 0.5) is 0 Å². The number of ether oxygens (including phenoxy) is 1. The second kappa shape index (κ2) is 7.98. The van der Waals surface area contributed by atoms with Crippen molar-refractivity contribution in [1.82, 2.24) is 4.90 Å². The molecule has 3 N–H and O–H groups in total. The molecule has 9 heteroatoms. The van der Waals surface area contributed by atoms with E-state index in [0.29, 0.717) is 42.1 Å². The number of sulfonamides is 1. The number of phenolic OH excluding ortho intramolecular Hbond substituents is 1. The molecule has 1 amide bonds. The Bertz CT molecular complexity index is 1100. The van der Waals surface area contributed by atoms with Crippen molar-refractivity contribution >= 4 is 21.8 Å². The minimum Gasteiger partial charge on any atom is -0.508 e. The van der Waals surface area contributed by atoms with Crippen molar-refractivity contribution in [1.29, 1.82) is 0 Å². The summed E-state index contributed by atoms with van der Waals surface area (Å²) in [5.74, 6) is 0.446. The number of aromatic hydroxyl groups is 1. The Morgan fingerprint density at radius 1 is 1.23 bits per heavy atom. The van der Waals surface area contributed by atoms with Gasteiger partial charge in [-0.2, -0.15) is 0 Å². The van der Waals surface area contributed by atoms with E-state index in [2.05, 4.69) is 4.40 Å². The van der Waals surface area contributed by atoms with Gasteiger partial charge in [-0.1, -0.05) is 12.1 Å². The molecule has 2 heterocycles. The standard InChI is InChI=1S/C21H23N3O5S/c22-20-19-16(13-30(27,28)23-20)4-1-5-18(19)29-12-14-3-2-10-24(11-14)21(26)15-6-8-17(25)9-7-15/h1,4-9,14,25H,2-3,10-13H2,(H2,22,23)/t14-/m0/s1. The lowest BCUT2D eigenvalue weighted by molar-refractivity contribution is 0.0633. The predicted octanol–water partition coefficient (Wildman–Crippen LogP) is 1.87. The quantitative estimate of drug-likeness (QED) is 0.765. The van der Waals surface area contributed by atoms with Gasteiger partial charge >= 0.3 is 0 Å². The molecule has 0 radical (unpaired) electrons. The lowest BCUT2D eigenvalue weighted by Crippen LogP contribution is -2.41. The molecule has 0 spiro atoms. The number of fused-ring (bicyclic) bond motifs is 1. The van der Waals surface area contributed by atoms with E-state index >= 15 is 0 Å². The van der Waals surface area contributed by atoms with Crippen molar-refractivity contribution < 1.29 is 23.1 Å². The molecular weight excluding hydrogens is 406 g/mol. The molecule has 0 unspecified atom stereocenters. The zero-order chi connectivity index (χ0) is 21.3. The first-order chi connectivity index (χ1) is 14.3. The number of nitrogens with zero attached hydrogens (tertiary/aromatic N) is 2. The number of amides is 1. The van der Waals surface area contributed by atoms with E-state index in [-0.39, 0.29) is 29.2 Å². The van der Waals surface area contributed by atoms with Gasteiger partial charge in [0.2, 0.25) is 0 Å². The van der Waals surface area contributed by atoms with Crippen LogP contribution in [-0.2, 0) is 15.8 Å². The smallest absolute Gasteiger partial charge is 0.259 e. The van der Waals surface area contributed by atoms with Gasteiger partial charge in [-0.15, -0.1) is 4.40 Å². The SMILES string of the molecule is NC1=NS(=O)(=O)Cc2cccc(OC[C@H]3CCCN(C(=O)c4ccc(O)cc4)C3)c21. The maximum atomic E-state index is 12.7. The van der Waals surface area contributed by atoms with E-state index in [1.165, 1.54) is 12.1 Å². The van der Waals surface area contributed by atoms with Crippen LogP contribution in [0.3, 0.4) is 0 Å². The summed E-state index contributed by atoms with van der Waals surface area (Å²) in [5, 5.41) is 9.41. The number of likely N-dealkylation sites (tertiary alicyclic amines) is 1. The Morgan fingerprint density at radius 3 is 2.77 bits per heavy atom. The summed E-state index contributed by atoms with van der Waals surface area (Å²) in [6.07, 6.45) is 1.79. The highest BCUT2D eigenvalue weighted by Crippen LogP contribution is 2.29. The normalized spacial score (nSPS) is 20.2. The summed E-state index contributed by atoms with van der Waals surface area (Å²) in [6, 6.07) is 11.4. The molecule has 30 heavy (non-hydrogen) atoms. The Balaban J connectivity index is 1.44. The van der Waals surface area contributed by atoms with Crippen molar-refractivity contribution in [3.05, 3.63) is 59.2 Å². The van der Waals surface area contributed by atoms with Crippen LogP contribution in [0.5, 0.6) is 11.5 Å². The number of rotatable bonds is 4. The van der Waals surface area contributed by atoms with Gasteiger partial charge in [-0.05, 0) is 48.7 Å². The minimum absolute atomic E-state index is 0.0559. The zero-order valence-corrected chi connectivity index (χ0v) is 17.1. The number of hydrogen-bond donors (Lipinski definition) is 2. The summed E-state index contributed by atoms with van der Waals surface area (Å²) < 4.78 is 33.2. The van der Waals surface area contributed by atoms with E-state index in [1.54, 1.807) is 35.2 Å². The third-order valence-electron chi connectivity index (χ3n) is 5.34. The molecule has 2 aliphatic heterocycles. The molecule has 0 bridgehead atoms. The lowest BCUT2D eigenvalue weighted by atomic mass is 9.98. The van der Waals surface area contributed by atoms with Gasteiger partial charge < -0.3 is 20.5 Å². The average molecular weight is 429 g/mol. The van der Waals surface area contributed by atoms with Crippen LogP contribution in [0, 0.1) is 5.92 Å². The maximum Gasteiger partial charge on any atom is 0.259 e. The minimum atomic E-state index is -3.60. The van der Waals surface area contributed by atoms with Gasteiger partial charge in [-0.25, -0.2) is 8.42 Å². The van der Waals surface area contributed by atoms with Gasteiger partial charge in [0.1, 0.15) is 17.3 Å². The highest BCUT2D eigenvalue weighted by Gasteiger charge is 2.27. The number of amidine groups is 1. The fourth-order valence-corrected chi connectivity index (χ4v) is 5.00. The Morgan fingerprint density at radius 2 is 2.00 bits per heavy atom. The number of hydrogen-bond acceptors (Lipinski definition) is 6. The van der Waals surface area contributed by atoms with E-state index in [1.807, 2.05) is 0 Å². The number of benzene rings is 2. The summed E-state index contributed by atoms with van der Waals surface area (Å²) in [5.41, 5.74) is 7.53. The van der Waals surface area contributed by atoms with E-state index < -0.39 is 10.0 Å². The topological polar surface area (TPSA) is 122 Å². The Hall–Kier alpha value is -3.07. The molecule has 0 saturated carbocycles. The van der Waals surface area contributed by atoms with Crippen LogP contribution in [0.2, 0.25) is 0 Å². The fraction of sp³-hybridized carbons (Fsp3) is 0.333. The number of carbonyl (C=O) groups is 1. The molecular formula is C21H23N3O5S. The molecule has 4 rings (SSSR count). The van der Waals surface area contributed by atoms with E-state index in [0.717, 1.165) is 12.8 Å². The first-order valence-corrected chi connectivity index (χ1v) is 11.3. The Labute approximate surface area is 175 Å². The maximum absolute atomic E-state index is 12.7.